The van der Waals surface area contributed by atoms with E-state index < -0.39 is 11.7 Å². The number of alkyl carbamates (subject to hydrolysis) is 1. The number of ether oxygens (including phenoxy) is 2. The summed E-state index contributed by atoms with van der Waals surface area (Å²) in [7, 11) is 0. The molecule has 0 heterocycles. The summed E-state index contributed by atoms with van der Waals surface area (Å²) in [4.78, 5) is 23.0. The molecule has 134 valence electrons. The third-order valence-electron chi connectivity index (χ3n) is 3.23. The van der Waals surface area contributed by atoms with Gasteiger partial charge >= 0.3 is 6.09 Å². The molecule has 0 fully saturated rings. The van der Waals surface area contributed by atoms with Crippen LogP contribution in [0.1, 0.15) is 39.2 Å². The van der Waals surface area contributed by atoms with Crippen molar-refractivity contribution in [1.29, 1.82) is 0 Å². The number of carbonyl (C=O) groups excluding carboxylic acids is 2. The minimum atomic E-state index is -0.523. The minimum absolute atomic E-state index is 0.274. The molecule has 1 unspecified atom stereocenters. The van der Waals surface area contributed by atoms with Crippen LogP contribution < -0.4 is 11.1 Å². The highest BCUT2D eigenvalue weighted by Gasteiger charge is 2.17. The van der Waals surface area contributed by atoms with Crippen LogP contribution in [0.25, 0.3) is 0 Å². The molecule has 0 aliphatic carbocycles. The topological polar surface area (TPSA) is 90.7 Å². The molecule has 6 heteroatoms. The van der Waals surface area contributed by atoms with Gasteiger partial charge in [-0.25, -0.2) is 4.79 Å². The first kappa shape index (κ1) is 20.0. The average Bonchev–Trinajstić information content (AvgIpc) is 2.48. The van der Waals surface area contributed by atoms with Crippen LogP contribution >= 0.6 is 0 Å². The monoisotopic (exact) mass is 336 g/mol. The van der Waals surface area contributed by atoms with E-state index in [0.29, 0.717) is 26.0 Å². The van der Waals surface area contributed by atoms with E-state index in [2.05, 4.69) is 5.32 Å². The summed E-state index contributed by atoms with van der Waals surface area (Å²) < 4.78 is 10.7. The van der Waals surface area contributed by atoms with Crippen LogP contribution in [0.15, 0.2) is 30.3 Å². The van der Waals surface area contributed by atoms with Gasteiger partial charge in [-0.15, -0.1) is 0 Å². The maximum atomic E-state index is 11.5. The summed E-state index contributed by atoms with van der Waals surface area (Å²) in [5, 5.41) is 2.66. The molecule has 3 N–H and O–H groups in total. The molecule has 0 saturated heterocycles. The van der Waals surface area contributed by atoms with E-state index in [1.54, 1.807) is 20.8 Å². The summed E-state index contributed by atoms with van der Waals surface area (Å²) >= 11 is 0. The predicted octanol–water partition coefficient (Wildman–Crippen LogP) is 2.61. The normalized spacial score (nSPS) is 12.5. The molecule has 2 amide bonds. The van der Waals surface area contributed by atoms with E-state index in [1.807, 2.05) is 30.3 Å². The second kappa shape index (κ2) is 9.93. The Labute approximate surface area is 143 Å². The molecule has 0 radical (unpaired) electrons. The number of amides is 2. The van der Waals surface area contributed by atoms with Gasteiger partial charge in [0.2, 0.25) is 5.91 Å². The fourth-order valence-corrected chi connectivity index (χ4v) is 2.05. The molecule has 1 aromatic rings. The third-order valence-corrected chi connectivity index (χ3v) is 3.23. The Morgan fingerprint density at radius 2 is 1.88 bits per heavy atom. The fraction of sp³-hybridized carbons (Fsp3) is 0.556. The van der Waals surface area contributed by atoms with Gasteiger partial charge in [0.1, 0.15) is 5.60 Å². The Hall–Kier alpha value is -2.08. The first-order chi connectivity index (χ1) is 11.3. The Kier molecular flexibility index (Phi) is 8.26. The lowest BCUT2D eigenvalue weighted by atomic mass is 10.0. The third kappa shape index (κ3) is 9.15. The van der Waals surface area contributed by atoms with Crippen LogP contribution in [0, 0.1) is 5.92 Å². The number of nitrogens with one attached hydrogen (secondary N) is 1. The van der Waals surface area contributed by atoms with Crippen LogP contribution in [0.3, 0.4) is 0 Å². The summed E-state index contributed by atoms with van der Waals surface area (Å²) in [5.74, 6) is -0.755. The van der Waals surface area contributed by atoms with Crippen molar-refractivity contribution in [2.24, 2.45) is 11.7 Å². The molecular formula is C18H28N2O4. The molecule has 0 aliphatic rings. The quantitative estimate of drug-likeness (QED) is 0.678. The lowest BCUT2D eigenvalue weighted by molar-refractivity contribution is -0.124. The highest BCUT2D eigenvalue weighted by atomic mass is 16.6. The average molecular weight is 336 g/mol. The largest absolute Gasteiger partial charge is 0.444 e. The van der Waals surface area contributed by atoms with Gasteiger partial charge in [-0.1, -0.05) is 30.3 Å². The number of rotatable bonds is 9. The molecule has 0 aliphatic heterocycles. The highest BCUT2D eigenvalue weighted by molar-refractivity contribution is 5.76. The van der Waals surface area contributed by atoms with Gasteiger partial charge < -0.3 is 20.5 Å². The second-order valence-electron chi connectivity index (χ2n) is 6.67. The number of hydrogen-bond donors (Lipinski definition) is 2. The van der Waals surface area contributed by atoms with Crippen LogP contribution in [0.2, 0.25) is 0 Å². The number of carbonyl (C=O) groups is 2. The van der Waals surface area contributed by atoms with E-state index in [0.717, 1.165) is 5.56 Å². The number of benzene rings is 1. The van der Waals surface area contributed by atoms with E-state index in [1.165, 1.54) is 0 Å². The molecule has 6 nitrogen and oxygen atoms in total. The number of nitrogens with two attached hydrogens (primary N) is 1. The molecule has 1 atom stereocenters. The molecule has 0 aromatic heterocycles. The van der Waals surface area contributed by atoms with Crippen LogP contribution in [0.5, 0.6) is 0 Å². The van der Waals surface area contributed by atoms with Crippen molar-refractivity contribution in [3.05, 3.63) is 35.9 Å². The molecule has 24 heavy (non-hydrogen) atoms. The van der Waals surface area contributed by atoms with Crippen molar-refractivity contribution in [3.63, 3.8) is 0 Å². The predicted molar refractivity (Wildman–Crippen MR) is 92.3 cm³/mol. The van der Waals surface area contributed by atoms with Gasteiger partial charge in [0, 0.05) is 6.54 Å². The van der Waals surface area contributed by atoms with Crippen molar-refractivity contribution >= 4 is 12.0 Å². The van der Waals surface area contributed by atoms with Crippen molar-refractivity contribution in [2.45, 2.75) is 45.8 Å². The maximum Gasteiger partial charge on any atom is 0.407 e. The zero-order valence-electron chi connectivity index (χ0n) is 14.7. The number of hydrogen-bond acceptors (Lipinski definition) is 4. The Morgan fingerprint density at radius 3 is 2.46 bits per heavy atom. The van der Waals surface area contributed by atoms with Crippen molar-refractivity contribution in [2.75, 3.05) is 13.2 Å². The van der Waals surface area contributed by atoms with Gasteiger partial charge in [-0.2, -0.15) is 0 Å². The Bertz CT molecular complexity index is 512. The van der Waals surface area contributed by atoms with Crippen LogP contribution in [-0.4, -0.2) is 30.8 Å². The van der Waals surface area contributed by atoms with Crippen molar-refractivity contribution in [3.8, 4) is 0 Å². The molecule has 1 aromatic carbocycles. The van der Waals surface area contributed by atoms with Gasteiger partial charge in [-0.3, -0.25) is 4.79 Å². The van der Waals surface area contributed by atoms with Crippen molar-refractivity contribution in [1.82, 2.24) is 5.32 Å². The highest BCUT2D eigenvalue weighted by Crippen LogP contribution is 2.10. The van der Waals surface area contributed by atoms with Gasteiger partial charge in [0.05, 0.1) is 19.1 Å². The zero-order valence-corrected chi connectivity index (χ0v) is 14.7. The first-order valence-corrected chi connectivity index (χ1v) is 8.16. The van der Waals surface area contributed by atoms with Gasteiger partial charge in [0.25, 0.3) is 0 Å². The zero-order chi connectivity index (χ0) is 18.0. The van der Waals surface area contributed by atoms with E-state index >= 15 is 0 Å². The van der Waals surface area contributed by atoms with E-state index in [-0.39, 0.29) is 18.4 Å². The summed E-state index contributed by atoms with van der Waals surface area (Å²) in [6, 6.07) is 9.74. The fourth-order valence-electron chi connectivity index (χ4n) is 2.05. The Balaban J connectivity index is 2.24. The summed E-state index contributed by atoms with van der Waals surface area (Å²) in [6.07, 6.45) is 0.722. The second-order valence-corrected chi connectivity index (χ2v) is 6.67. The number of primary amides is 1. The van der Waals surface area contributed by atoms with Crippen molar-refractivity contribution < 1.29 is 19.1 Å². The van der Waals surface area contributed by atoms with Gasteiger partial charge in [0.15, 0.2) is 0 Å². The lowest BCUT2D eigenvalue weighted by Gasteiger charge is -2.20. The molecule has 0 spiro atoms. The SMILES string of the molecule is CC(C)(C)OC(=O)NCCCC(COCc1ccccc1)C(N)=O. The van der Waals surface area contributed by atoms with Crippen LogP contribution in [0.4, 0.5) is 4.79 Å². The minimum Gasteiger partial charge on any atom is -0.444 e. The molecule has 0 saturated carbocycles. The molecule has 0 bridgehead atoms. The smallest absolute Gasteiger partial charge is 0.407 e. The van der Waals surface area contributed by atoms with E-state index in [4.69, 9.17) is 15.2 Å². The van der Waals surface area contributed by atoms with Crippen LogP contribution in [-0.2, 0) is 20.9 Å². The first-order valence-electron chi connectivity index (χ1n) is 8.16. The Morgan fingerprint density at radius 1 is 1.21 bits per heavy atom. The maximum absolute atomic E-state index is 11.5. The van der Waals surface area contributed by atoms with E-state index in [9.17, 15) is 9.59 Å². The summed E-state index contributed by atoms with van der Waals surface area (Å²) in [6.45, 7) is 6.56. The van der Waals surface area contributed by atoms with Gasteiger partial charge in [-0.05, 0) is 39.2 Å². The standard InChI is InChI=1S/C18H28N2O4/c1-18(2,3)24-17(22)20-11-7-10-15(16(19)21)13-23-12-14-8-5-4-6-9-14/h4-6,8-9,15H,7,10-13H2,1-3H3,(H2,19,21)(H,20,22). The lowest BCUT2D eigenvalue weighted by Crippen LogP contribution is -2.34. The molecular weight excluding hydrogens is 308 g/mol. The summed E-state index contributed by atoms with van der Waals surface area (Å²) in [5.41, 5.74) is 5.94. The molecule has 1 rings (SSSR count).